The molecule has 0 spiro atoms. The predicted molar refractivity (Wildman–Crippen MR) is 84.7 cm³/mol. The standard InChI is InChI=1S/C19H22O3/c1-4-11-8-9(2)7-10(3)14(11)17-18(20)15-12-5-6-13(22-12)16(15)19(17)21/h7-8,12-13,15-16,20H,4-6H2,1-3H3/t12-,13+,15-,16+/m1/s1. The Balaban J connectivity index is 1.88. The lowest BCUT2D eigenvalue weighted by molar-refractivity contribution is -0.118. The molecular weight excluding hydrogens is 276 g/mol. The highest BCUT2D eigenvalue weighted by atomic mass is 16.5. The number of aliphatic hydroxyl groups is 1. The second-order valence-corrected chi connectivity index (χ2v) is 6.94. The van der Waals surface area contributed by atoms with Crippen LogP contribution in [0.15, 0.2) is 17.9 Å². The molecule has 3 nitrogen and oxygen atoms in total. The van der Waals surface area contributed by atoms with E-state index in [0.717, 1.165) is 36.0 Å². The first-order valence-electron chi connectivity index (χ1n) is 8.26. The van der Waals surface area contributed by atoms with Gasteiger partial charge in [-0.05, 0) is 49.8 Å². The van der Waals surface area contributed by atoms with Gasteiger partial charge in [-0.2, -0.15) is 0 Å². The van der Waals surface area contributed by atoms with Crippen LogP contribution in [-0.4, -0.2) is 23.1 Å². The summed E-state index contributed by atoms with van der Waals surface area (Å²) < 4.78 is 5.86. The van der Waals surface area contributed by atoms with Crippen LogP contribution in [-0.2, 0) is 16.0 Å². The molecule has 1 aromatic carbocycles. The fourth-order valence-electron chi connectivity index (χ4n) is 4.76. The average Bonchev–Trinajstić information content (AvgIpc) is 3.14. The molecule has 0 aromatic heterocycles. The highest BCUT2D eigenvalue weighted by molar-refractivity contribution is 6.26. The van der Waals surface area contributed by atoms with Crippen LogP contribution in [0.25, 0.3) is 5.57 Å². The number of ketones is 1. The minimum absolute atomic E-state index is 0.0120. The van der Waals surface area contributed by atoms with Crippen molar-refractivity contribution in [3.63, 3.8) is 0 Å². The first-order chi connectivity index (χ1) is 10.5. The van der Waals surface area contributed by atoms with Crippen LogP contribution in [0.4, 0.5) is 0 Å². The molecule has 2 heterocycles. The lowest BCUT2D eigenvalue weighted by Crippen LogP contribution is -2.29. The first-order valence-corrected chi connectivity index (χ1v) is 8.26. The summed E-state index contributed by atoms with van der Waals surface area (Å²) in [6.07, 6.45) is 2.82. The Bertz CT molecular complexity index is 701. The van der Waals surface area contributed by atoms with Crippen molar-refractivity contribution in [2.45, 2.75) is 52.2 Å². The summed E-state index contributed by atoms with van der Waals surface area (Å²) in [5.74, 6) is 0.117. The zero-order chi connectivity index (χ0) is 15.6. The first kappa shape index (κ1) is 14.0. The van der Waals surface area contributed by atoms with Crippen molar-refractivity contribution >= 4 is 11.4 Å². The topological polar surface area (TPSA) is 46.5 Å². The van der Waals surface area contributed by atoms with E-state index in [0.29, 0.717) is 5.57 Å². The second kappa shape index (κ2) is 4.69. The Morgan fingerprint density at radius 3 is 2.50 bits per heavy atom. The van der Waals surface area contributed by atoms with Gasteiger partial charge in [0.25, 0.3) is 0 Å². The van der Waals surface area contributed by atoms with Crippen molar-refractivity contribution in [2.24, 2.45) is 11.8 Å². The van der Waals surface area contributed by atoms with E-state index < -0.39 is 0 Å². The van der Waals surface area contributed by atoms with Crippen LogP contribution >= 0.6 is 0 Å². The summed E-state index contributed by atoms with van der Waals surface area (Å²) in [4.78, 5) is 13.0. The second-order valence-electron chi connectivity index (χ2n) is 6.94. The number of aryl methyl sites for hydroxylation is 3. The SMILES string of the molecule is CCc1cc(C)cc(C)c1C1=C(O)[C@H]2[C@@H](C1=O)[C@@H]1CC[C@H]2O1. The summed E-state index contributed by atoms with van der Waals surface area (Å²) in [5, 5.41) is 10.8. The molecule has 0 amide bonds. The van der Waals surface area contributed by atoms with Gasteiger partial charge in [-0.25, -0.2) is 0 Å². The molecule has 1 aliphatic carbocycles. The summed E-state index contributed by atoms with van der Waals surface area (Å²) in [6.45, 7) is 6.21. The highest BCUT2D eigenvalue weighted by Gasteiger charge is 2.59. The smallest absolute Gasteiger partial charge is 0.173 e. The number of aliphatic hydroxyl groups excluding tert-OH is 1. The van der Waals surface area contributed by atoms with E-state index in [4.69, 9.17) is 4.74 Å². The summed E-state index contributed by atoms with van der Waals surface area (Å²) in [6, 6.07) is 4.23. The molecule has 1 aromatic rings. The zero-order valence-electron chi connectivity index (χ0n) is 13.3. The number of allylic oxidation sites excluding steroid dienone is 1. The molecule has 2 saturated heterocycles. The van der Waals surface area contributed by atoms with E-state index in [1.807, 2.05) is 6.92 Å². The van der Waals surface area contributed by atoms with Crippen molar-refractivity contribution in [1.82, 2.24) is 0 Å². The minimum Gasteiger partial charge on any atom is -0.511 e. The van der Waals surface area contributed by atoms with Gasteiger partial charge >= 0.3 is 0 Å². The molecule has 2 fully saturated rings. The van der Waals surface area contributed by atoms with Crippen LogP contribution in [0.5, 0.6) is 0 Å². The van der Waals surface area contributed by atoms with Crippen LogP contribution in [0.1, 0.15) is 42.0 Å². The normalized spacial score (nSPS) is 33.0. The minimum atomic E-state index is -0.154. The summed E-state index contributed by atoms with van der Waals surface area (Å²) in [7, 11) is 0. The number of rotatable bonds is 2. The molecule has 4 atom stereocenters. The van der Waals surface area contributed by atoms with Gasteiger partial charge in [-0.1, -0.05) is 24.6 Å². The van der Waals surface area contributed by atoms with Crippen molar-refractivity contribution in [3.8, 4) is 0 Å². The number of benzene rings is 1. The maximum Gasteiger partial charge on any atom is 0.173 e. The molecule has 0 saturated carbocycles. The van der Waals surface area contributed by atoms with Gasteiger partial charge in [0.05, 0.1) is 29.6 Å². The van der Waals surface area contributed by atoms with Crippen LogP contribution in [0.3, 0.4) is 0 Å². The Morgan fingerprint density at radius 1 is 1.18 bits per heavy atom. The Kier molecular flexibility index (Phi) is 2.99. The third-order valence-corrected chi connectivity index (χ3v) is 5.59. The third kappa shape index (κ3) is 1.69. The van der Waals surface area contributed by atoms with E-state index in [-0.39, 0.29) is 35.6 Å². The number of ether oxygens (including phenoxy) is 1. The number of Topliss-reactive ketones (excluding diaryl/α,β-unsaturated/α-hetero) is 1. The maximum absolute atomic E-state index is 13.0. The predicted octanol–water partition coefficient (Wildman–Crippen LogP) is 3.51. The van der Waals surface area contributed by atoms with Gasteiger partial charge in [0.2, 0.25) is 0 Å². The quantitative estimate of drug-likeness (QED) is 0.909. The number of hydrogen-bond acceptors (Lipinski definition) is 3. The molecule has 3 heteroatoms. The lowest BCUT2D eigenvalue weighted by Gasteiger charge is -2.19. The molecule has 3 aliphatic rings. The van der Waals surface area contributed by atoms with E-state index in [1.165, 1.54) is 5.56 Å². The van der Waals surface area contributed by atoms with Crippen LogP contribution in [0, 0.1) is 25.7 Å². The van der Waals surface area contributed by atoms with E-state index in [2.05, 4.69) is 26.0 Å². The molecule has 4 rings (SSSR count). The van der Waals surface area contributed by atoms with Gasteiger partial charge in [-0.15, -0.1) is 0 Å². The van der Waals surface area contributed by atoms with Crippen LogP contribution in [0.2, 0.25) is 0 Å². The van der Waals surface area contributed by atoms with Gasteiger partial charge in [0.1, 0.15) is 5.76 Å². The van der Waals surface area contributed by atoms with Crippen LogP contribution < -0.4 is 0 Å². The maximum atomic E-state index is 13.0. The number of carbonyl (C=O) groups is 1. The van der Waals surface area contributed by atoms with Gasteiger partial charge < -0.3 is 9.84 Å². The van der Waals surface area contributed by atoms with E-state index in [9.17, 15) is 9.90 Å². The van der Waals surface area contributed by atoms with Crippen molar-refractivity contribution in [1.29, 1.82) is 0 Å². The average molecular weight is 298 g/mol. The fourth-order valence-corrected chi connectivity index (χ4v) is 4.76. The van der Waals surface area contributed by atoms with Gasteiger partial charge in [0.15, 0.2) is 5.78 Å². The van der Waals surface area contributed by atoms with Gasteiger partial charge in [-0.3, -0.25) is 4.79 Å². The van der Waals surface area contributed by atoms with Gasteiger partial charge in [0, 0.05) is 0 Å². The molecule has 2 aliphatic heterocycles. The number of fused-ring (bicyclic) bond motifs is 5. The molecule has 116 valence electrons. The Hall–Kier alpha value is -1.61. The largest absolute Gasteiger partial charge is 0.511 e. The molecule has 0 unspecified atom stereocenters. The molecule has 22 heavy (non-hydrogen) atoms. The van der Waals surface area contributed by atoms with Crippen molar-refractivity contribution < 1.29 is 14.6 Å². The van der Waals surface area contributed by atoms with E-state index in [1.54, 1.807) is 0 Å². The number of carbonyl (C=O) groups excluding carboxylic acids is 1. The Morgan fingerprint density at radius 2 is 1.86 bits per heavy atom. The molecular formula is C19H22O3. The lowest BCUT2D eigenvalue weighted by atomic mass is 9.80. The third-order valence-electron chi connectivity index (χ3n) is 5.59. The fraction of sp³-hybridized carbons (Fsp3) is 0.526. The molecule has 2 bridgehead atoms. The Labute approximate surface area is 131 Å². The van der Waals surface area contributed by atoms with E-state index >= 15 is 0 Å². The zero-order valence-corrected chi connectivity index (χ0v) is 13.3. The molecule has 0 radical (unpaired) electrons. The molecule has 1 N–H and O–H groups in total. The highest BCUT2D eigenvalue weighted by Crippen LogP contribution is 2.54. The summed E-state index contributed by atoms with van der Waals surface area (Å²) >= 11 is 0. The van der Waals surface area contributed by atoms with Crippen molar-refractivity contribution in [2.75, 3.05) is 0 Å². The summed E-state index contributed by atoms with van der Waals surface area (Å²) in [5.41, 5.74) is 4.97. The monoisotopic (exact) mass is 298 g/mol. The number of hydrogen-bond donors (Lipinski definition) is 1. The van der Waals surface area contributed by atoms with Crippen molar-refractivity contribution in [3.05, 3.63) is 40.1 Å².